The van der Waals surface area contributed by atoms with Crippen molar-refractivity contribution in [1.82, 2.24) is 39.2 Å². The third-order valence-corrected chi connectivity index (χ3v) is 26.0. The number of morpholine rings is 2. The number of piperidine rings is 2. The molecule has 0 N–H and O–H groups in total. The van der Waals surface area contributed by atoms with Crippen molar-refractivity contribution in [3.63, 3.8) is 0 Å². The smallest absolute Gasteiger partial charge is 0.223 e. The Balaban J connectivity index is -0.000000216. The maximum absolute atomic E-state index is 11.5. The van der Waals surface area contributed by atoms with E-state index < -0.39 is 63.9 Å². The minimum Gasteiger partial charge on any atom is -0.378 e. The lowest BCUT2D eigenvalue weighted by Crippen LogP contribution is -2.55. The van der Waals surface area contributed by atoms with Gasteiger partial charge < -0.3 is 29.1 Å². The molecule has 8 fully saturated rings. The molecular weight excluding hydrogens is 1600 g/mol. The third-order valence-electron chi connectivity index (χ3n) is 26.0. The van der Waals surface area contributed by atoms with Crippen molar-refractivity contribution in [2.24, 2.45) is 65.1 Å². The van der Waals surface area contributed by atoms with Crippen molar-refractivity contribution < 1.29 is 14.3 Å². The van der Waals surface area contributed by atoms with Gasteiger partial charge in [0.25, 0.3) is 0 Å². The zero-order valence-corrected chi connectivity index (χ0v) is 92.9. The number of hydrogen-bond acceptors (Lipinski definition) is 10. The molecule has 11 nitrogen and oxygen atoms in total. The molecule has 0 saturated carbocycles. The molecule has 0 spiro atoms. The minimum absolute atomic E-state index is 0. The second-order valence-corrected chi connectivity index (χ2v) is 42.5. The van der Waals surface area contributed by atoms with Crippen LogP contribution in [0.5, 0.6) is 0 Å². The number of rotatable bonds is 24. The van der Waals surface area contributed by atoms with E-state index >= 15 is 0 Å². The largest absolute Gasteiger partial charge is 0.378 e. The topological polar surface area (TPSA) is 61.5 Å². The van der Waals surface area contributed by atoms with E-state index in [1.165, 1.54) is 144 Å². The van der Waals surface area contributed by atoms with E-state index in [-0.39, 0.29) is 21.2 Å². The second-order valence-electron chi connectivity index (χ2n) is 42.5. The molecule has 1 amide bonds. The maximum atomic E-state index is 11.5. The molecule has 0 aliphatic carbocycles. The minimum atomic E-state index is -0.667. The van der Waals surface area contributed by atoms with Gasteiger partial charge in [-0.05, 0) is 279 Å². The molecule has 0 aromatic rings. The fourth-order valence-electron chi connectivity index (χ4n) is 16.8. The van der Waals surface area contributed by atoms with Crippen LogP contribution in [-0.2, 0) is 14.3 Å². The van der Waals surface area contributed by atoms with Crippen LogP contribution in [0.3, 0.4) is 0 Å². The van der Waals surface area contributed by atoms with Gasteiger partial charge in [-0.25, -0.2) is 0 Å². The molecule has 8 rings (SSSR count). The van der Waals surface area contributed by atoms with E-state index in [2.05, 4.69) is 288 Å². The maximum Gasteiger partial charge on any atom is 0.223 e. The molecule has 8 aliphatic rings. The van der Waals surface area contributed by atoms with Crippen LogP contribution < -0.4 is 0 Å². The normalized spacial score (nSPS) is 20.8. The molecule has 8 heterocycles. The highest BCUT2D eigenvalue weighted by Crippen LogP contribution is 2.31. The van der Waals surface area contributed by atoms with Crippen LogP contribution in [0.15, 0.2) is 0 Å². The zero-order valence-electron chi connectivity index (χ0n) is 92.9. The van der Waals surface area contributed by atoms with Crippen LogP contribution in [0.1, 0.15) is 291 Å². The summed E-state index contributed by atoms with van der Waals surface area (Å²) in [7, 11) is 135. The van der Waals surface area contributed by atoms with Crippen LogP contribution in [0.25, 0.3) is 0 Å². The van der Waals surface area contributed by atoms with Crippen molar-refractivity contribution in [3.05, 3.63) is 0 Å². The molecular formula is C82H170B42N8O3. The molecule has 58 radical (unpaired) electrons. The molecule has 682 valence electrons. The Morgan fingerprint density at radius 1 is 0.326 bits per heavy atom. The number of amides is 1. The predicted octanol–water partition coefficient (Wildman–Crippen LogP) is 2.48. The van der Waals surface area contributed by atoms with Gasteiger partial charge in [-0.1, -0.05) is 117 Å². The van der Waals surface area contributed by atoms with Crippen LogP contribution >= 0.6 is 0 Å². The Labute approximate surface area is 887 Å². The molecule has 0 aromatic carbocycles. The lowest BCUT2D eigenvalue weighted by molar-refractivity contribution is -0.131. The van der Waals surface area contributed by atoms with Gasteiger partial charge in [0.15, 0.2) is 0 Å². The third kappa shape index (κ3) is 77.8. The van der Waals surface area contributed by atoms with E-state index in [1.807, 2.05) is 4.90 Å². The molecule has 8 unspecified atom stereocenters. The quantitative estimate of drug-likeness (QED) is 0.135. The Morgan fingerprint density at radius 3 is 0.970 bits per heavy atom. The van der Waals surface area contributed by atoms with E-state index in [4.69, 9.17) is 172 Å². The van der Waals surface area contributed by atoms with Crippen LogP contribution in [0, 0.1) is 65.1 Å². The lowest BCUT2D eigenvalue weighted by Gasteiger charge is -2.40. The fourth-order valence-corrected chi connectivity index (χ4v) is 16.8. The highest BCUT2D eigenvalue weighted by molar-refractivity contribution is 7.94. The summed E-state index contributed by atoms with van der Waals surface area (Å²) < 4.78 is 11.2. The van der Waals surface area contributed by atoms with E-state index in [0.717, 1.165) is 136 Å². The summed E-state index contributed by atoms with van der Waals surface area (Å²) in [5, 5.41) is 0. The van der Waals surface area contributed by atoms with Crippen molar-refractivity contribution in [2.75, 3.05) is 98.9 Å². The van der Waals surface area contributed by atoms with Crippen LogP contribution in [0.4, 0.5) is 0 Å². The van der Waals surface area contributed by atoms with Crippen molar-refractivity contribution in [1.29, 1.82) is 0 Å². The first-order chi connectivity index (χ1) is 61.9. The first-order valence-electron chi connectivity index (χ1n) is 51.5. The Bertz CT molecular complexity index is 2410. The number of carbonyl (C=O) groups excluding carboxylic acids is 1. The molecule has 0 bridgehead atoms. The predicted molar refractivity (Wildman–Crippen MR) is 652 cm³/mol. The van der Waals surface area contributed by atoms with Gasteiger partial charge in [-0.3, -0.25) is 24.4 Å². The van der Waals surface area contributed by atoms with Crippen molar-refractivity contribution in [2.45, 2.75) is 364 Å². The number of likely N-dealkylation sites (tertiary alicyclic amines) is 6. The summed E-state index contributed by atoms with van der Waals surface area (Å²) in [6, 6.07) is 7.45. The zero-order chi connectivity index (χ0) is 106. The highest BCUT2D eigenvalue weighted by atomic mass is 16.5. The van der Waals surface area contributed by atoms with Crippen molar-refractivity contribution in [3.8, 4) is 0 Å². The first-order valence-corrected chi connectivity index (χ1v) is 51.5. The van der Waals surface area contributed by atoms with Gasteiger partial charge in [0.2, 0.25) is 5.91 Å². The number of ether oxygens (including phenoxy) is 2. The van der Waals surface area contributed by atoms with Crippen molar-refractivity contribution >= 4 is 313 Å². The van der Waals surface area contributed by atoms with Gasteiger partial charge in [0.1, 0.15) is 0 Å². The first kappa shape index (κ1) is 152. The van der Waals surface area contributed by atoms with E-state index in [9.17, 15) is 4.79 Å². The number of nitrogens with zero attached hydrogens (tertiary/aromatic N) is 8. The average Bonchev–Trinajstić information content (AvgIpc) is 1.71. The number of carbonyl (C=O) groups is 1. The van der Waals surface area contributed by atoms with Gasteiger partial charge >= 0.3 is 0 Å². The highest BCUT2D eigenvalue weighted by Gasteiger charge is 2.36. The van der Waals surface area contributed by atoms with Gasteiger partial charge in [-0.15, -0.1) is 0 Å². The van der Waals surface area contributed by atoms with E-state index in [1.54, 1.807) is 0 Å². The number of hydrogen-bond donors (Lipinski definition) is 0. The van der Waals surface area contributed by atoms with Crippen LogP contribution in [0.2, 0.25) is 0 Å². The summed E-state index contributed by atoms with van der Waals surface area (Å²) in [6.07, 6.45) is 11.4. The SMILES string of the molecule is CC(C)C1CCC(=O)N1C(C)C.CC(C)C1CCCCN1C(C)C.CC(C)C1CCCN(C(C)C)C1.CC(C)C1CCCN(C(C)C)CC1.CC(C)C1CCCN1C(C)C.CC(C)C1CCN(C)C1.CC(C)C1CN(C(C)C)CCO1.CC(C)C1COCCN1C(C)C.[B].[B]B([B])B([B])B([B])[B].[B]B([B])B([B])[B].[B]B([B])[B].[B][B].[B][B]B(B([B])[B])B([B])[B].[B][B]B([B])B([B])[B].[B][B]B([B])[B]. The van der Waals surface area contributed by atoms with E-state index in [0.29, 0.717) is 60.0 Å². The summed E-state index contributed by atoms with van der Waals surface area (Å²) in [4.78, 5) is 31.5. The summed E-state index contributed by atoms with van der Waals surface area (Å²) in [5.41, 5.74) is 0. The monoisotopic (exact) mass is 1780 g/mol. The molecule has 8 atom stereocenters. The lowest BCUT2D eigenvalue weighted by atomic mass is 8.64. The second kappa shape index (κ2) is 89.8. The van der Waals surface area contributed by atoms with Gasteiger partial charge in [0.05, 0.1) is 25.9 Å². The Kier molecular flexibility index (Phi) is 101. The summed E-state index contributed by atoms with van der Waals surface area (Å²) in [6.45, 7) is 85.2. The molecule has 0 aromatic heterocycles. The fraction of sp³-hybridized carbons (Fsp3) is 0.988. The molecule has 8 saturated heterocycles. The molecule has 135 heavy (non-hydrogen) atoms. The molecule has 53 heteroatoms. The van der Waals surface area contributed by atoms with Gasteiger partial charge in [-0.2, -0.15) is 0 Å². The van der Waals surface area contributed by atoms with Crippen LogP contribution in [-0.4, -0.2) is 524 Å². The molecule has 8 aliphatic heterocycles. The Morgan fingerprint density at radius 2 is 0.696 bits per heavy atom. The average molecular weight is 1770 g/mol. The summed E-state index contributed by atoms with van der Waals surface area (Å²) >= 11 is 0. The summed E-state index contributed by atoms with van der Waals surface area (Å²) in [5.74, 6) is 9.46. The Hall–Kier alpha value is 1.84. The standard InChI is InChI=1S/C12H25N.2C11H23N.2C10H21NO.C10H19NO.C10H21N.C8H17N.B9.B8.B7.B6.B5.B4.B2.B/c1-10(2)12-6-5-8-13(9-7-12)11(3)4;1-9(2)11-6-5-7-12(8-11)10(3)4;1-9(2)11-7-5-6-8-12(11)10(3)4;1-8(2)10-7-12-6-5-11(10)9(3)4;1-8(2)10-7-11(9(3)4)5-6-12-10;1-7(2)9-5-6-10(12)11(9)8(3)4;1-8(2)10-6-5-7-11(10)9(3)4;1-7(2)8-4-5-9(3)6-8;1-6-9(7(2)3)8(4)5;1-6(2)8(5)7(3)4;1-5-7(4)6(2)3;1-5(2)6(3)4;1-4-5(2)3;1-4(2)3;1-2;/h10-12H,5-9H2,1-4H3;2*9-11H,5-8H2,1-4H3;2*8-10H,5-7H2,1-4H3;7-9H,5-6H2,1-4H3;8-10H,5-7H2,1-4H3;7-8H,4-6H2,1-3H3;;;;;;;;. The van der Waals surface area contributed by atoms with Gasteiger partial charge in [0, 0.05) is 413 Å².